The number of benzene rings is 4. The Bertz CT molecular complexity index is 1480. The Balaban J connectivity index is 1.47. The van der Waals surface area contributed by atoms with E-state index in [1.165, 1.54) is 34.2 Å². The van der Waals surface area contributed by atoms with Crippen molar-refractivity contribution in [2.24, 2.45) is 0 Å². The standard InChI is InChI=1S/C32H30FN3/c1-24-12-17-29-30(20-24)36(28-15-13-27(33)14-16-28)34-31(29)32(21-25-8-4-2-5-9-25)18-19-35(23-32)22-26-10-6-3-7-11-26/h2-17,20H,18-19,21-23H2,1H3. The maximum absolute atomic E-state index is 13.7. The van der Waals surface area contributed by atoms with E-state index in [0.29, 0.717) is 0 Å². The summed E-state index contributed by atoms with van der Waals surface area (Å²) in [5.41, 5.74) is 6.83. The summed E-state index contributed by atoms with van der Waals surface area (Å²) in [5.74, 6) is -0.237. The van der Waals surface area contributed by atoms with Gasteiger partial charge in [0, 0.05) is 23.9 Å². The summed E-state index contributed by atoms with van der Waals surface area (Å²) in [6.45, 7) is 5.02. The van der Waals surface area contributed by atoms with E-state index in [1.54, 1.807) is 0 Å². The molecule has 2 heterocycles. The molecule has 180 valence electrons. The lowest BCUT2D eigenvalue weighted by Gasteiger charge is -2.29. The normalized spacial score (nSPS) is 18.2. The molecule has 0 spiro atoms. The molecule has 0 N–H and O–H groups in total. The summed E-state index contributed by atoms with van der Waals surface area (Å²) in [7, 11) is 0. The van der Waals surface area contributed by atoms with Crippen molar-refractivity contribution >= 4 is 10.9 Å². The lowest BCUT2D eigenvalue weighted by Crippen LogP contribution is -2.34. The first-order valence-electron chi connectivity index (χ1n) is 12.7. The molecule has 1 atom stereocenters. The van der Waals surface area contributed by atoms with Crippen molar-refractivity contribution < 1.29 is 4.39 Å². The Labute approximate surface area is 211 Å². The molecule has 0 radical (unpaired) electrons. The fourth-order valence-corrected chi connectivity index (χ4v) is 5.74. The van der Waals surface area contributed by atoms with Gasteiger partial charge >= 0.3 is 0 Å². The molecule has 36 heavy (non-hydrogen) atoms. The number of hydrogen-bond donors (Lipinski definition) is 0. The van der Waals surface area contributed by atoms with E-state index in [-0.39, 0.29) is 11.2 Å². The van der Waals surface area contributed by atoms with Crippen molar-refractivity contribution in [3.05, 3.63) is 131 Å². The minimum absolute atomic E-state index is 0.116. The van der Waals surface area contributed by atoms with Gasteiger partial charge in [-0.1, -0.05) is 72.8 Å². The van der Waals surface area contributed by atoms with Crippen LogP contribution in [0.4, 0.5) is 4.39 Å². The predicted molar refractivity (Wildman–Crippen MR) is 144 cm³/mol. The third kappa shape index (κ3) is 4.33. The van der Waals surface area contributed by atoms with Crippen LogP contribution in [0, 0.1) is 12.7 Å². The molecule has 1 saturated heterocycles. The number of likely N-dealkylation sites (tertiary alicyclic amines) is 1. The topological polar surface area (TPSA) is 21.1 Å². The molecular formula is C32H30FN3. The van der Waals surface area contributed by atoms with Gasteiger partial charge in [0.05, 0.1) is 16.9 Å². The average Bonchev–Trinajstić information content (AvgIpc) is 3.48. The summed E-state index contributed by atoms with van der Waals surface area (Å²) in [6.07, 6.45) is 1.97. The highest BCUT2D eigenvalue weighted by Gasteiger charge is 2.43. The van der Waals surface area contributed by atoms with Gasteiger partial charge in [-0.15, -0.1) is 0 Å². The van der Waals surface area contributed by atoms with Crippen LogP contribution in [0.2, 0.25) is 0 Å². The highest BCUT2D eigenvalue weighted by atomic mass is 19.1. The van der Waals surface area contributed by atoms with E-state index in [9.17, 15) is 4.39 Å². The van der Waals surface area contributed by atoms with Crippen LogP contribution in [0.15, 0.2) is 103 Å². The smallest absolute Gasteiger partial charge is 0.123 e. The van der Waals surface area contributed by atoms with E-state index < -0.39 is 0 Å². The molecule has 1 unspecified atom stereocenters. The van der Waals surface area contributed by atoms with E-state index in [1.807, 2.05) is 16.8 Å². The Kier molecular flexibility index (Phi) is 5.90. The summed E-state index contributed by atoms with van der Waals surface area (Å²) in [4.78, 5) is 2.56. The van der Waals surface area contributed by atoms with Crippen LogP contribution in [0.25, 0.3) is 16.6 Å². The van der Waals surface area contributed by atoms with Crippen molar-refractivity contribution in [3.8, 4) is 5.69 Å². The summed E-state index contributed by atoms with van der Waals surface area (Å²) in [6, 6.07) is 34.7. The molecule has 4 heteroatoms. The largest absolute Gasteiger partial charge is 0.298 e. The van der Waals surface area contributed by atoms with E-state index in [4.69, 9.17) is 5.10 Å². The maximum atomic E-state index is 13.7. The van der Waals surface area contributed by atoms with Gasteiger partial charge in [-0.25, -0.2) is 9.07 Å². The number of halogens is 1. The molecule has 3 nitrogen and oxygen atoms in total. The molecule has 1 aliphatic heterocycles. The lowest BCUT2D eigenvalue weighted by atomic mass is 9.76. The van der Waals surface area contributed by atoms with Gasteiger partial charge in [-0.2, -0.15) is 5.10 Å². The van der Waals surface area contributed by atoms with E-state index >= 15 is 0 Å². The number of fused-ring (bicyclic) bond motifs is 1. The number of nitrogens with zero attached hydrogens (tertiary/aromatic N) is 3. The summed E-state index contributed by atoms with van der Waals surface area (Å²) >= 11 is 0. The lowest BCUT2D eigenvalue weighted by molar-refractivity contribution is 0.299. The Morgan fingerprint density at radius 2 is 1.53 bits per heavy atom. The minimum atomic E-state index is -0.237. The van der Waals surface area contributed by atoms with Crippen LogP contribution < -0.4 is 0 Å². The second-order valence-corrected chi connectivity index (χ2v) is 10.1. The maximum Gasteiger partial charge on any atom is 0.123 e. The molecule has 0 saturated carbocycles. The highest BCUT2D eigenvalue weighted by molar-refractivity contribution is 5.85. The van der Waals surface area contributed by atoms with Crippen molar-refractivity contribution in [1.29, 1.82) is 0 Å². The van der Waals surface area contributed by atoms with Crippen molar-refractivity contribution in [2.45, 2.75) is 31.7 Å². The Hall–Kier alpha value is -3.76. The Morgan fingerprint density at radius 1 is 0.833 bits per heavy atom. The van der Waals surface area contributed by atoms with Crippen molar-refractivity contribution in [1.82, 2.24) is 14.7 Å². The average molecular weight is 476 g/mol. The molecule has 0 aliphatic carbocycles. The van der Waals surface area contributed by atoms with Crippen LogP contribution >= 0.6 is 0 Å². The SMILES string of the molecule is Cc1ccc2c(C3(Cc4ccccc4)CCN(Cc4ccccc4)C3)nn(-c3ccc(F)cc3)c2c1. The van der Waals surface area contributed by atoms with Gasteiger partial charge in [0.15, 0.2) is 0 Å². The van der Waals surface area contributed by atoms with Gasteiger partial charge < -0.3 is 0 Å². The second-order valence-electron chi connectivity index (χ2n) is 10.1. The first-order chi connectivity index (χ1) is 17.6. The second kappa shape index (κ2) is 9.36. The zero-order valence-corrected chi connectivity index (χ0v) is 20.6. The zero-order valence-electron chi connectivity index (χ0n) is 20.6. The molecule has 6 rings (SSSR count). The van der Waals surface area contributed by atoms with Crippen LogP contribution in [-0.2, 0) is 18.4 Å². The molecule has 0 amide bonds. The minimum Gasteiger partial charge on any atom is -0.298 e. The fraction of sp³-hybridized carbons (Fsp3) is 0.219. The number of aryl methyl sites for hydroxylation is 1. The fourth-order valence-electron chi connectivity index (χ4n) is 5.74. The molecule has 1 aromatic heterocycles. The number of rotatable bonds is 6. The van der Waals surface area contributed by atoms with Crippen LogP contribution in [0.1, 0.15) is 28.8 Å². The van der Waals surface area contributed by atoms with Crippen LogP contribution in [0.5, 0.6) is 0 Å². The predicted octanol–water partition coefficient (Wildman–Crippen LogP) is 6.86. The zero-order chi connectivity index (χ0) is 24.5. The molecule has 5 aromatic rings. The van der Waals surface area contributed by atoms with Crippen LogP contribution in [-0.4, -0.2) is 27.8 Å². The third-order valence-corrected chi connectivity index (χ3v) is 7.48. The molecule has 0 bridgehead atoms. The molecule has 4 aromatic carbocycles. The van der Waals surface area contributed by atoms with Crippen molar-refractivity contribution in [2.75, 3.05) is 13.1 Å². The first-order valence-corrected chi connectivity index (χ1v) is 12.7. The van der Waals surface area contributed by atoms with E-state index in [2.05, 4.69) is 90.7 Å². The van der Waals surface area contributed by atoms with Gasteiger partial charge in [0.2, 0.25) is 0 Å². The third-order valence-electron chi connectivity index (χ3n) is 7.48. The number of aromatic nitrogens is 2. The highest BCUT2D eigenvalue weighted by Crippen LogP contribution is 2.41. The molecular weight excluding hydrogens is 445 g/mol. The summed E-state index contributed by atoms with van der Waals surface area (Å²) in [5, 5.41) is 6.47. The van der Waals surface area contributed by atoms with Crippen molar-refractivity contribution in [3.63, 3.8) is 0 Å². The monoisotopic (exact) mass is 475 g/mol. The Morgan fingerprint density at radius 3 is 2.25 bits per heavy atom. The molecule has 1 aliphatic rings. The quantitative estimate of drug-likeness (QED) is 0.268. The molecule has 1 fully saturated rings. The number of hydrogen-bond acceptors (Lipinski definition) is 2. The van der Waals surface area contributed by atoms with Gasteiger partial charge in [0.25, 0.3) is 0 Å². The summed E-state index contributed by atoms with van der Waals surface area (Å²) < 4.78 is 15.7. The van der Waals surface area contributed by atoms with Gasteiger partial charge in [-0.3, -0.25) is 4.90 Å². The van der Waals surface area contributed by atoms with Gasteiger partial charge in [-0.05, 0) is 73.3 Å². The van der Waals surface area contributed by atoms with Crippen LogP contribution in [0.3, 0.4) is 0 Å². The first kappa shape index (κ1) is 22.7. The van der Waals surface area contributed by atoms with Gasteiger partial charge in [0.1, 0.15) is 5.82 Å². The van der Waals surface area contributed by atoms with E-state index in [0.717, 1.165) is 49.4 Å².